The van der Waals surface area contributed by atoms with Crippen LogP contribution in [0.1, 0.15) is 19.3 Å². The van der Waals surface area contributed by atoms with Gasteiger partial charge in [0.25, 0.3) is 0 Å². The van der Waals surface area contributed by atoms with E-state index in [-0.39, 0.29) is 0 Å². The van der Waals surface area contributed by atoms with Crippen LogP contribution in [-0.4, -0.2) is 40.4 Å². The third-order valence-electron chi connectivity index (χ3n) is 5.89. The van der Waals surface area contributed by atoms with E-state index < -0.39 is 11.6 Å². The van der Waals surface area contributed by atoms with Gasteiger partial charge in [-0.1, -0.05) is 0 Å². The molecule has 0 spiro atoms. The van der Waals surface area contributed by atoms with Gasteiger partial charge in [0, 0.05) is 30.9 Å². The standard InChI is InChI=1S/C18H22F2N6/c19-14-5-4-13(8-15(14)20)25-6-1-7-26-18(25)23-17(24-26)22-16-11-2-3-12(16)10-21-9-11/h4-5,8,11-12,16,21H,1-3,6-7,9-10H2,(H,22,24)/t11-,12+,16?. The minimum atomic E-state index is -0.844. The van der Waals surface area contributed by atoms with E-state index in [1.165, 1.54) is 18.9 Å². The van der Waals surface area contributed by atoms with Crippen molar-refractivity contribution >= 4 is 17.6 Å². The lowest BCUT2D eigenvalue weighted by atomic mass is 9.94. The number of halogens is 2. The maximum absolute atomic E-state index is 13.7. The molecule has 3 aliphatic rings. The van der Waals surface area contributed by atoms with Gasteiger partial charge in [0.1, 0.15) is 0 Å². The first-order valence-corrected chi connectivity index (χ1v) is 9.34. The first kappa shape index (κ1) is 16.0. The van der Waals surface area contributed by atoms with Gasteiger partial charge in [0.2, 0.25) is 11.9 Å². The molecular formula is C18H22F2N6. The number of aromatic nitrogens is 3. The van der Waals surface area contributed by atoms with Gasteiger partial charge in [-0.15, -0.1) is 5.10 Å². The van der Waals surface area contributed by atoms with Crippen LogP contribution < -0.4 is 15.5 Å². The molecule has 1 aromatic heterocycles. The van der Waals surface area contributed by atoms with Crippen molar-refractivity contribution < 1.29 is 8.78 Å². The van der Waals surface area contributed by atoms with Crippen LogP contribution in [0.15, 0.2) is 18.2 Å². The quantitative estimate of drug-likeness (QED) is 0.881. The second kappa shape index (κ2) is 6.19. The van der Waals surface area contributed by atoms with Crippen LogP contribution >= 0.6 is 0 Å². The van der Waals surface area contributed by atoms with Gasteiger partial charge in [-0.05, 0) is 56.3 Å². The molecule has 1 unspecified atom stereocenters. The van der Waals surface area contributed by atoms with Crippen LogP contribution in [0.3, 0.4) is 0 Å². The number of hydrogen-bond acceptors (Lipinski definition) is 5. The third kappa shape index (κ3) is 2.63. The van der Waals surface area contributed by atoms with Crippen molar-refractivity contribution in [3.05, 3.63) is 29.8 Å². The summed E-state index contributed by atoms with van der Waals surface area (Å²) in [6, 6.07) is 4.38. The van der Waals surface area contributed by atoms with E-state index in [1.54, 1.807) is 6.07 Å². The molecule has 2 bridgehead atoms. The van der Waals surface area contributed by atoms with Crippen LogP contribution in [0, 0.1) is 23.5 Å². The normalized spacial score (nSPS) is 27.5. The summed E-state index contributed by atoms with van der Waals surface area (Å²) in [5.74, 6) is 0.886. The summed E-state index contributed by atoms with van der Waals surface area (Å²) in [5.41, 5.74) is 0.603. The molecule has 0 amide bonds. The molecule has 1 aliphatic carbocycles. The number of piperidine rings is 1. The molecular weight excluding hydrogens is 338 g/mol. The average Bonchev–Trinajstić information content (AvgIpc) is 3.13. The number of benzene rings is 1. The van der Waals surface area contributed by atoms with Crippen LogP contribution in [0.4, 0.5) is 26.4 Å². The molecule has 2 fully saturated rings. The fraction of sp³-hybridized carbons (Fsp3) is 0.556. The van der Waals surface area contributed by atoms with Crippen molar-refractivity contribution in [3.8, 4) is 0 Å². The van der Waals surface area contributed by atoms with Crippen LogP contribution in [0.2, 0.25) is 0 Å². The number of aryl methyl sites for hydroxylation is 1. The zero-order valence-corrected chi connectivity index (χ0v) is 14.5. The van der Waals surface area contributed by atoms with Crippen LogP contribution in [-0.2, 0) is 6.54 Å². The lowest BCUT2D eigenvalue weighted by molar-refractivity contribution is 0.341. The Kier molecular flexibility index (Phi) is 3.81. The maximum Gasteiger partial charge on any atom is 0.244 e. The highest BCUT2D eigenvalue weighted by Crippen LogP contribution is 2.36. The molecule has 26 heavy (non-hydrogen) atoms. The Bertz CT molecular complexity index is 806. The predicted molar refractivity (Wildman–Crippen MR) is 94.5 cm³/mol. The maximum atomic E-state index is 13.7. The minimum Gasteiger partial charge on any atom is -0.349 e. The Morgan fingerprint density at radius 1 is 1.08 bits per heavy atom. The van der Waals surface area contributed by atoms with Crippen molar-refractivity contribution in [1.82, 2.24) is 20.1 Å². The van der Waals surface area contributed by atoms with Crippen molar-refractivity contribution in [2.24, 2.45) is 11.8 Å². The summed E-state index contributed by atoms with van der Waals surface area (Å²) in [6.45, 7) is 3.58. The molecule has 1 saturated carbocycles. The van der Waals surface area contributed by atoms with E-state index in [1.807, 2.05) is 9.58 Å². The van der Waals surface area contributed by atoms with E-state index in [0.717, 1.165) is 32.1 Å². The topological polar surface area (TPSA) is 58.0 Å². The summed E-state index contributed by atoms with van der Waals surface area (Å²) in [5, 5.41) is 11.7. The van der Waals surface area contributed by atoms with Gasteiger partial charge < -0.3 is 15.5 Å². The monoisotopic (exact) mass is 360 g/mol. The molecule has 1 aromatic carbocycles. The fourth-order valence-electron chi connectivity index (χ4n) is 4.59. The Hall–Kier alpha value is -2.22. The molecule has 3 atom stereocenters. The minimum absolute atomic E-state index is 0.414. The van der Waals surface area contributed by atoms with Crippen molar-refractivity contribution in [1.29, 1.82) is 0 Å². The van der Waals surface area contributed by atoms with E-state index in [0.29, 0.717) is 42.0 Å². The van der Waals surface area contributed by atoms with E-state index in [2.05, 4.69) is 20.7 Å². The summed E-state index contributed by atoms with van der Waals surface area (Å²) < 4.78 is 28.8. The number of nitrogens with zero attached hydrogens (tertiary/aromatic N) is 4. The molecule has 2 aromatic rings. The second-order valence-electron chi connectivity index (χ2n) is 7.49. The van der Waals surface area contributed by atoms with E-state index in [9.17, 15) is 8.78 Å². The molecule has 8 heteroatoms. The number of hydrogen-bond donors (Lipinski definition) is 2. The first-order valence-electron chi connectivity index (χ1n) is 9.34. The number of rotatable bonds is 3. The highest BCUT2D eigenvalue weighted by atomic mass is 19.2. The zero-order valence-electron chi connectivity index (χ0n) is 14.5. The zero-order chi connectivity index (χ0) is 17.7. The Balaban J connectivity index is 1.42. The Labute approximate surface area is 150 Å². The fourth-order valence-corrected chi connectivity index (χ4v) is 4.59. The number of fused-ring (bicyclic) bond motifs is 3. The largest absolute Gasteiger partial charge is 0.349 e. The van der Waals surface area contributed by atoms with E-state index in [4.69, 9.17) is 0 Å². The average molecular weight is 360 g/mol. The van der Waals surface area contributed by atoms with Crippen LogP contribution in [0.25, 0.3) is 0 Å². The second-order valence-corrected chi connectivity index (χ2v) is 7.49. The van der Waals surface area contributed by atoms with Gasteiger partial charge in [-0.3, -0.25) is 0 Å². The molecule has 3 heterocycles. The molecule has 138 valence electrons. The molecule has 5 rings (SSSR count). The van der Waals surface area contributed by atoms with Crippen molar-refractivity contribution in [2.75, 3.05) is 29.9 Å². The smallest absolute Gasteiger partial charge is 0.244 e. The molecule has 6 nitrogen and oxygen atoms in total. The lowest BCUT2D eigenvalue weighted by Gasteiger charge is -2.31. The van der Waals surface area contributed by atoms with Gasteiger partial charge >= 0.3 is 0 Å². The van der Waals surface area contributed by atoms with Gasteiger partial charge in [-0.2, -0.15) is 4.98 Å². The summed E-state index contributed by atoms with van der Waals surface area (Å²) in [4.78, 5) is 6.59. The SMILES string of the molecule is Fc1ccc(N2CCCn3nc(NC4[C@@H]5CC[C@H]4CNC5)nc32)cc1F. The van der Waals surface area contributed by atoms with Gasteiger partial charge in [0.15, 0.2) is 11.6 Å². The number of anilines is 3. The van der Waals surface area contributed by atoms with Gasteiger partial charge in [-0.25, -0.2) is 13.5 Å². The molecule has 2 N–H and O–H groups in total. The first-order chi connectivity index (χ1) is 12.7. The van der Waals surface area contributed by atoms with Gasteiger partial charge in [0.05, 0.1) is 0 Å². The summed E-state index contributed by atoms with van der Waals surface area (Å²) in [7, 11) is 0. The summed E-state index contributed by atoms with van der Waals surface area (Å²) in [6.07, 6.45) is 3.36. The van der Waals surface area contributed by atoms with Crippen LogP contribution in [0.5, 0.6) is 0 Å². The predicted octanol–water partition coefficient (Wildman–Crippen LogP) is 2.51. The lowest BCUT2D eigenvalue weighted by Crippen LogP contribution is -2.45. The highest BCUT2D eigenvalue weighted by Gasteiger charge is 2.39. The molecule has 2 aliphatic heterocycles. The summed E-state index contributed by atoms with van der Waals surface area (Å²) >= 11 is 0. The highest BCUT2D eigenvalue weighted by molar-refractivity contribution is 5.59. The third-order valence-corrected chi connectivity index (χ3v) is 5.89. The molecule has 1 saturated heterocycles. The van der Waals surface area contributed by atoms with Crippen molar-refractivity contribution in [2.45, 2.75) is 31.8 Å². The Morgan fingerprint density at radius 3 is 2.65 bits per heavy atom. The number of nitrogens with one attached hydrogen (secondary N) is 2. The van der Waals surface area contributed by atoms with Crippen molar-refractivity contribution in [3.63, 3.8) is 0 Å². The molecule has 0 radical (unpaired) electrons. The Morgan fingerprint density at radius 2 is 1.88 bits per heavy atom. The van der Waals surface area contributed by atoms with E-state index >= 15 is 0 Å².